The van der Waals surface area contributed by atoms with Crippen molar-refractivity contribution in [2.24, 2.45) is 0 Å². The van der Waals surface area contributed by atoms with Crippen LogP contribution < -0.4 is 0 Å². The lowest BCUT2D eigenvalue weighted by molar-refractivity contribution is 0.670. The second kappa shape index (κ2) is 12.8. The van der Waals surface area contributed by atoms with Gasteiger partial charge in [-0.15, -0.1) is 11.3 Å². The van der Waals surface area contributed by atoms with Crippen LogP contribution in [0, 0.1) is 0 Å². The SMILES string of the molecule is c1ccc(-c2ccc3c(c2)c2ccc4c(c5ccccc5n4-c4ccc5ccccc5c4)c2n3-c2ccc3sc4c(-c5cccc6c5oc5ccccc56)cccc4c3c2)cc1. The molecule has 14 rings (SSSR count). The molecule has 0 amide bonds. The molecular weight excluding hydrogens is 773 g/mol. The number of furan rings is 1. The number of nitrogens with zero attached hydrogens (tertiary/aromatic N) is 2. The minimum absolute atomic E-state index is 0.916. The number of rotatable bonds is 4. The van der Waals surface area contributed by atoms with Crippen molar-refractivity contribution in [3.05, 3.63) is 206 Å². The molecule has 0 N–H and O–H groups in total. The monoisotopic (exact) mass is 806 g/mol. The third-order valence-corrected chi connectivity index (χ3v) is 14.3. The molecule has 0 fully saturated rings. The smallest absolute Gasteiger partial charge is 0.143 e. The molecule has 0 aliphatic carbocycles. The van der Waals surface area contributed by atoms with Crippen molar-refractivity contribution < 1.29 is 4.42 Å². The standard InChI is InChI=1S/C58H34N2OS/c1-2-12-35(13-3-1)38-25-29-51-48(33-38)42-28-30-52-55(47-17-6-8-22-50(47)59(52)39-26-24-36-14-4-5-15-37(36)32-39)56(42)60(51)40-27-31-54-49(34-40)46-21-11-20-45(58(46)62-54)44-19-10-18-43-41-16-7-9-23-53(41)61-57(43)44/h1-34H. The second-order valence-electron chi connectivity index (χ2n) is 16.4. The number of para-hydroxylation sites is 3. The first kappa shape index (κ1) is 33.9. The van der Waals surface area contributed by atoms with Crippen molar-refractivity contribution in [3.63, 3.8) is 0 Å². The quantitative estimate of drug-likeness (QED) is 0.174. The van der Waals surface area contributed by atoms with Crippen molar-refractivity contribution >= 4 is 108 Å². The average Bonchev–Trinajstić information content (AvgIpc) is 4.09. The summed E-state index contributed by atoms with van der Waals surface area (Å²) in [7, 11) is 0. The zero-order valence-corrected chi connectivity index (χ0v) is 34.2. The van der Waals surface area contributed by atoms with Crippen molar-refractivity contribution in [1.29, 1.82) is 0 Å². The van der Waals surface area contributed by atoms with E-state index in [0.29, 0.717) is 0 Å². The summed E-state index contributed by atoms with van der Waals surface area (Å²) in [5, 5.41) is 12.2. The van der Waals surface area contributed by atoms with Gasteiger partial charge in [-0.3, -0.25) is 0 Å². The molecule has 0 saturated carbocycles. The Morgan fingerprint density at radius 3 is 2.00 bits per heavy atom. The normalized spacial score (nSPS) is 12.2. The van der Waals surface area contributed by atoms with E-state index < -0.39 is 0 Å². The number of hydrogen-bond acceptors (Lipinski definition) is 2. The van der Waals surface area contributed by atoms with Gasteiger partial charge in [-0.25, -0.2) is 0 Å². The van der Waals surface area contributed by atoms with Crippen molar-refractivity contribution in [2.45, 2.75) is 0 Å². The third-order valence-electron chi connectivity index (χ3n) is 13.1. The van der Waals surface area contributed by atoms with E-state index in [4.69, 9.17) is 4.42 Å². The number of aromatic nitrogens is 2. The Morgan fingerprint density at radius 2 is 1.08 bits per heavy atom. The molecule has 0 unspecified atom stereocenters. The topological polar surface area (TPSA) is 23.0 Å². The summed E-state index contributed by atoms with van der Waals surface area (Å²) in [5.74, 6) is 0. The molecule has 4 aromatic heterocycles. The van der Waals surface area contributed by atoms with Crippen LogP contribution in [0.2, 0.25) is 0 Å². The summed E-state index contributed by atoms with van der Waals surface area (Å²) in [6.07, 6.45) is 0. The van der Waals surface area contributed by atoms with Crippen molar-refractivity contribution in [1.82, 2.24) is 9.13 Å². The minimum atomic E-state index is 0.916. The molecule has 0 radical (unpaired) electrons. The molecule has 3 nitrogen and oxygen atoms in total. The number of fused-ring (bicyclic) bond motifs is 14. The molecule has 0 spiro atoms. The number of hydrogen-bond donors (Lipinski definition) is 0. The van der Waals surface area contributed by atoms with E-state index in [9.17, 15) is 0 Å². The molecule has 0 saturated heterocycles. The molecule has 62 heavy (non-hydrogen) atoms. The largest absolute Gasteiger partial charge is 0.455 e. The molecule has 14 aromatic rings. The van der Waals surface area contributed by atoms with Gasteiger partial charge >= 0.3 is 0 Å². The summed E-state index contributed by atoms with van der Waals surface area (Å²) in [4.78, 5) is 0. The van der Waals surface area contributed by atoms with E-state index >= 15 is 0 Å². The first-order valence-electron chi connectivity index (χ1n) is 21.2. The third kappa shape index (κ3) is 4.75. The van der Waals surface area contributed by atoms with Gasteiger partial charge in [0.1, 0.15) is 11.2 Å². The fraction of sp³-hybridized carbons (Fsp3) is 0. The van der Waals surface area contributed by atoms with Crippen LogP contribution in [0.15, 0.2) is 211 Å². The van der Waals surface area contributed by atoms with Gasteiger partial charge in [0.2, 0.25) is 0 Å². The molecule has 0 atom stereocenters. The van der Waals surface area contributed by atoms with E-state index in [1.54, 1.807) is 0 Å². The van der Waals surface area contributed by atoms with Gasteiger partial charge in [0.15, 0.2) is 0 Å². The van der Waals surface area contributed by atoms with Crippen LogP contribution in [0.5, 0.6) is 0 Å². The summed E-state index contributed by atoms with van der Waals surface area (Å²) < 4.78 is 14.1. The van der Waals surface area contributed by atoms with Crippen molar-refractivity contribution in [2.75, 3.05) is 0 Å². The van der Waals surface area contributed by atoms with Gasteiger partial charge in [0, 0.05) is 75.0 Å². The molecule has 0 aliphatic rings. The fourth-order valence-corrected chi connectivity index (χ4v) is 11.5. The zero-order chi connectivity index (χ0) is 40.5. The highest BCUT2D eigenvalue weighted by Gasteiger charge is 2.23. The van der Waals surface area contributed by atoms with E-state index in [1.165, 1.54) is 91.2 Å². The number of benzene rings is 10. The summed E-state index contributed by atoms with van der Waals surface area (Å²) >= 11 is 1.86. The molecule has 4 heterocycles. The minimum Gasteiger partial charge on any atom is -0.455 e. The maximum absolute atomic E-state index is 6.56. The van der Waals surface area contributed by atoms with Crippen molar-refractivity contribution in [3.8, 4) is 33.6 Å². The Balaban J connectivity index is 1.05. The highest BCUT2D eigenvalue weighted by Crippen LogP contribution is 2.46. The van der Waals surface area contributed by atoms with Gasteiger partial charge in [-0.05, 0) is 82.6 Å². The van der Waals surface area contributed by atoms with Crippen LogP contribution in [0.4, 0.5) is 0 Å². The van der Waals surface area contributed by atoms with Crippen LogP contribution in [-0.4, -0.2) is 9.13 Å². The van der Waals surface area contributed by atoms with E-state index in [2.05, 4.69) is 209 Å². The summed E-state index contributed by atoms with van der Waals surface area (Å²) in [6.45, 7) is 0. The van der Waals surface area contributed by atoms with Crippen LogP contribution in [0.1, 0.15) is 0 Å². The van der Waals surface area contributed by atoms with Crippen LogP contribution >= 0.6 is 11.3 Å². The van der Waals surface area contributed by atoms with Gasteiger partial charge in [-0.1, -0.05) is 146 Å². The predicted octanol–water partition coefficient (Wildman–Crippen LogP) is 16.6. The summed E-state index contributed by atoms with van der Waals surface area (Å²) in [6, 6.07) is 75.5. The Bertz CT molecular complexity index is 4160. The lowest BCUT2D eigenvalue weighted by Crippen LogP contribution is -1.95. The average molecular weight is 807 g/mol. The molecule has 10 aromatic carbocycles. The zero-order valence-electron chi connectivity index (χ0n) is 33.3. The molecule has 0 bridgehead atoms. The van der Waals surface area contributed by atoms with Crippen LogP contribution in [0.25, 0.3) is 130 Å². The summed E-state index contributed by atoms with van der Waals surface area (Å²) in [5.41, 5.74) is 13.7. The Kier molecular flexibility index (Phi) is 6.99. The molecular formula is C58H34N2OS. The maximum atomic E-state index is 6.56. The Morgan fingerprint density at radius 1 is 0.371 bits per heavy atom. The van der Waals surface area contributed by atoms with Gasteiger partial charge in [-0.2, -0.15) is 0 Å². The highest BCUT2D eigenvalue weighted by atomic mass is 32.1. The van der Waals surface area contributed by atoms with Gasteiger partial charge < -0.3 is 13.6 Å². The Hall–Kier alpha value is -7.92. The van der Waals surface area contributed by atoms with Gasteiger partial charge in [0.25, 0.3) is 0 Å². The first-order valence-corrected chi connectivity index (χ1v) is 22.0. The van der Waals surface area contributed by atoms with E-state index in [1.807, 2.05) is 17.4 Å². The predicted molar refractivity (Wildman–Crippen MR) is 264 cm³/mol. The highest BCUT2D eigenvalue weighted by molar-refractivity contribution is 7.26. The van der Waals surface area contributed by atoms with Crippen LogP contribution in [-0.2, 0) is 0 Å². The number of thiophene rings is 1. The second-order valence-corrected chi connectivity index (χ2v) is 17.5. The molecule has 0 aliphatic heterocycles. The fourth-order valence-electron chi connectivity index (χ4n) is 10.3. The van der Waals surface area contributed by atoms with Crippen LogP contribution in [0.3, 0.4) is 0 Å². The molecule has 4 heteroatoms. The first-order chi connectivity index (χ1) is 30.7. The Labute approximate surface area is 359 Å². The van der Waals surface area contributed by atoms with E-state index in [0.717, 1.165) is 38.9 Å². The lowest BCUT2D eigenvalue weighted by Gasteiger charge is -2.11. The lowest BCUT2D eigenvalue weighted by atomic mass is 10.00. The molecule has 288 valence electrons. The maximum Gasteiger partial charge on any atom is 0.143 e. The van der Waals surface area contributed by atoms with Gasteiger partial charge in [0.05, 0.1) is 22.1 Å². The van der Waals surface area contributed by atoms with E-state index in [-0.39, 0.29) is 0 Å².